The van der Waals surface area contributed by atoms with E-state index in [1.807, 2.05) is 0 Å². The van der Waals surface area contributed by atoms with Crippen molar-refractivity contribution in [2.75, 3.05) is 5.32 Å². The molecule has 1 heterocycles. The summed E-state index contributed by atoms with van der Waals surface area (Å²) in [5.41, 5.74) is -0.342. The first-order chi connectivity index (χ1) is 14.0. The number of hydrogen-bond donors (Lipinski definition) is 1. The van der Waals surface area contributed by atoms with E-state index >= 15 is 0 Å². The van der Waals surface area contributed by atoms with Crippen LogP contribution in [0.1, 0.15) is 21.6 Å². The molecular weight excluding hydrogens is 464 g/mol. The van der Waals surface area contributed by atoms with Crippen molar-refractivity contribution in [1.29, 1.82) is 0 Å². The van der Waals surface area contributed by atoms with Gasteiger partial charge in [-0.25, -0.2) is 9.78 Å². The molecule has 1 N–H and O–H groups in total. The number of benzene rings is 2. The van der Waals surface area contributed by atoms with Gasteiger partial charge in [0.2, 0.25) is 0 Å². The van der Waals surface area contributed by atoms with Gasteiger partial charge in [0, 0.05) is 15.7 Å². The molecule has 0 fully saturated rings. The summed E-state index contributed by atoms with van der Waals surface area (Å²) >= 11 is 17.8. The first-order valence-corrected chi connectivity index (χ1v) is 9.46. The molecule has 0 aliphatic heterocycles. The lowest BCUT2D eigenvalue weighted by Crippen LogP contribution is -2.16. The zero-order valence-corrected chi connectivity index (χ0v) is 17.4. The zero-order chi connectivity index (χ0) is 22.1. The van der Waals surface area contributed by atoms with Crippen LogP contribution < -0.4 is 10.1 Å². The number of aryl methyl sites for hydroxylation is 1. The number of rotatable bonds is 4. The molecule has 1 aromatic heterocycles. The van der Waals surface area contributed by atoms with E-state index in [9.17, 15) is 18.0 Å². The van der Waals surface area contributed by atoms with Crippen molar-refractivity contribution >= 4 is 52.3 Å². The molecule has 0 spiro atoms. The minimum Gasteiger partial charge on any atom is -0.421 e. The largest absolute Gasteiger partial charge is 0.433 e. The van der Waals surface area contributed by atoms with E-state index in [2.05, 4.69) is 10.3 Å². The van der Waals surface area contributed by atoms with E-state index in [1.165, 1.54) is 24.3 Å². The maximum atomic E-state index is 13.2. The molecule has 3 rings (SSSR count). The third kappa shape index (κ3) is 5.16. The zero-order valence-electron chi connectivity index (χ0n) is 15.2. The smallest absolute Gasteiger partial charge is 0.421 e. The molecule has 2 aromatic carbocycles. The van der Waals surface area contributed by atoms with Crippen LogP contribution in [-0.4, -0.2) is 11.0 Å². The lowest BCUT2D eigenvalue weighted by molar-refractivity contribution is -0.141. The summed E-state index contributed by atoms with van der Waals surface area (Å²) in [6.07, 6.45) is -4.71. The molecule has 0 radical (unpaired) electrons. The predicted molar refractivity (Wildman–Crippen MR) is 110 cm³/mol. The number of esters is 1. The van der Waals surface area contributed by atoms with E-state index in [0.717, 1.165) is 6.07 Å². The van der Waals surface area contributed by atoms with Crippen molar-refractivity contribution in [3.8, 4) is 5.75 Å². The number of alkyl halides is 3. The summed E-state index contributed by atoms with van der Waals surface area (Å²) in [5, 5.41) is 3.48. The number of carbonyl (C=O) groups is 1. The fourth-order valence-corrected chi connectivity index (χ4v) is 3.07. The van der Waals surface area contributed by atoms with Gasteiger partial charge < -0.3 is 10.1 Å². The molecule has 0 atom stereocenters. The van der Waals surface area contributed by atoms with Crippen LogP contribution in [-0.2, 0) is 6.18 Å². The molecule has 10 heteroatoms. The van der Waals surface area contributed by atoms with Gasteiger partial charge in [0.25, 0.3) is 0 Å². The Morgan fingerprint density at radius 3 is 2.33 bits per heavy atom. The van der Waals surface area contributed by atoms with Crippen molar-refractivity contribution in [1.82, 2.24) is 4.98 Å². The molecule has 0 aliphatic rings. The Hall–Kier alpha value is -2.48. The summed E-state index contributed by atoms with van der Waals surface area (Å²) in [5.74, 6) is -1.30. The van der Waals surface area contributed by atoms with Crippen molar-refractivity contribution in [2.45, 2.75) is 13.1 Å². The monoisotopic (exact) mass is 474 g/mol. The number of ether oxygens (including phenoxy) is 1. The molecule has 4 nitrogen and oxygen atoms in total. The van der Waals surface area contributed by atoms with E-state index in [-0.39, 0.29) is 22.2 Å². The van der Waals surface area contributed by atoms with Gasteiger partial charge in [0.1, 0.15) is 22.8 Å². The number of nitrogens with one attached hydrogen (secondary N) is 1. The number of anilines is 2. The molecule has 0 unspecified atom stereocenters. The molecule has 30 heavy (non-hydrogen) atoms. The highest BCUT2D eigenvalue weighted by molar-refractivity contribution is 6.35. The molecule has 0 saturated heterocycles. The second-order valence-corrected chi connectivity index (χ2v) is 7.42. The van der Waals surface area contributed by atoms with Crippen LogP contribution in [0.4, 0.5) is 24.7 Å². The Kier molecular flexibility index (Phi) is 6.45. The van der Waals surface area contributed by atoms with Crippen LogP contribution in [0.25, 0.3) is 0 Å². The Bertz CT molecular complexity index is 1120. The molecule has 156 valence electrons. The van der Waals surface area contributed by atoms with E-state index in [4.69, 9.17) is 39.5 Å². The highest BCUT2D eigenvalue weighted by atomic mass is 35.5. The fourth-order valence-electron chi connectivity index (χ4n) is 2.45. The third-order valence-electron chi connectivity index (χ3n) is 3.95. The standard InChI is InChI=1S/C20H12Cl3F3N2O2/c1-10-2-3-12(22)9-15(10)27-18-13(5-7-17(28-18)20(24,25)26)19(29)30-16-6-4-11(21)8-14(16)23/h2-9H,1H3,(H,27,28). The number of pyridine rings is 1. The highest BCUT2D eigenvalue weighted by Gasteiger charge is 2.34. The van der Waals surface area contributed by atoms with Gasteiger partial charge in [-0.3, -0.25) is 0 Å². The number of hydrogen-bond acceptors (Lipinski definition) is 4. The van der Waals surface area contributed by atoms with Crippen LogP contribution in [0.15, 0.2) is 48.5 Å². The summed E-state index contributed by atoms with van der Waals surface area (Å²) < 4.78 is 44.7. The van der Waals surface area contributed by atoms with Crippen LogP contribution in [0.2, 0.25) is 15.1 Å². The molecule has 3 aromatic rings. The topological polar surface area (TPSA) is 51.2 Å². The van der Waals surface area contributed by atoms with E-state index in [1.54, 1.807) is 19.1 Å². The maximum Gasteiger partial charge on any atom is 0.433 e. The first kappa shape index (κ1) is 22.2. The van der Waals surface area contributed by atoms with Gasteiger partial charge in [-0.15, -0.1) is 0 Å². The van der Waals surface area contributed by atoms with Crippen molar-refractivity contribution in [3.63, 3.8) is 0 Å². The molecule has 0 saturated carbocycles. The van der Waals surface area contributed by atoms with Crippen LogP contribution in [0, 0.1) is 6.92 Å². The third-order valence-corrected chi connectivity index (χ3v) is 4.72. The second kappa shape index (κ2) is 8.71. The van der Waals surface area contributed by atoms with E-state index in [0.29, 0.717) is 27.4 Å². The van der Waals surface area contributed by atoms with Gasteiger partial charge in [0.05, 0.1) is 5.02 Å². The number of carbonyl (C=O) groups excluding carboxylic acids is 1. The van der Waals surface area contributed by atoms with Crippen LogP contribution in [0.5, 0.6) is 5.75 Å². The quantitative estimate of drug-likeness (QED) is 0.317. The fraction of sp³-hybridized carbons (Fsp3) is 0.100. The Labute approximate surface area is 184 Å². The predicted octanol–water partition coefficient (Wildman–Crippen LogP) is 7.33. The van der Waals surface area contributed by atoms with E-state index < -0.39 is 17.8 Å². The van der Waals surface area contributed by atoms with Crippen molar-refractivity contribution in [2.24, 2.45) is 0 Å². The summed E-state index contributed by atoms with van der Waals surface area (Å²) in [6, 6.07) is 10.7. The Balaban J connectivity index is 2.02. The summed E-state index contributed by atoms with van der Waals surface area (Å²) in [4.78, 5) is 16.2. The first-order valence-electron chi connectivity index (χ1n) is 8.33. The van der Waals surface area contributed by atoms with Gasteiger partial charge in [-0.2, -0.15) is 13.2 Å². The second-order valence-electron chi connectivity index (χ2n) is 6.14. The van der Waals surface area contributed by atoms with Gasteiger partial charge in [-0.05, 0) is 55.0 Å². The summed E-state index contributed by atoms with van der Waals surface area (Å²) in [6.45, 7) is 1.72. The van der Waals surface area contributed by atoms with Crippen LogP contribution >= 0.6 is 34.8 Å². The van der Waals surface area contributed by atoms with Gasteiger partial charge >= 0.3 is 12.1 Å². The SMILES string of the molecule is Cc1ccc(Cl)cc1Nc1nc(C(F)(F)F)ccc1C(=O)Oc1ccc(Cl)cc1Cl. The lowest BCUT2D eigenvalue weighted by atomic mass is 10.1. The van der Waals surface area contributed by atoms with Gasteiger partial charge in [0.15, 0.2) is 0 Å². The highest BCUT2D eigenvalue weighted by Crippen LogP contribution is 2.33. The number of aromatic nitrogens is 1. The molecule has 0 amide bonds. The van der Waals surface area contributed by atoms with Crippen LogP contribution in [0.3, 0.4) is 0 Å². The Morgan fingerprint density at radius 2 is 1.67 bits per heavy atom. The Morgan fingerprint density at radius 1 is 1.00 bits per heavy atom. The number of nitrogens with zero attached hydrogens (tertiary/aromatic N) is 1. The minimum atomic E-state index is -4.71. The van der Waals surface area contributed by atoms with Gasteiger partial charge in [-0.1, -0.05) is 40.9 Å². The average Bonchev–Trinajstić information content (AvgIpc) is 2.66. The molecule has 0 bridgehead atoms. The lowest BCUT2D eigenvalue weighted by Gasteiger charge is -2.15. The van der Waals surface area contributed by atoms with Crippen molar-refractivity contribution in [3.05, 3.63) is 80.4 Å². The van der Waals surface area contributed by atoms with Crippen molar-refractivity contribution < 1.29 is 22.7 Å². The molecular formula is C20H12Cl3F3N2O2. The maximum absolute atomic E-state index is 13.2. The average molecular weight is 476 g/mol. The minimum absolute atomic E-state index is 0.00384. The molecule has 0 aliphatic carbocycles. The normalized spacial score (nSPS) is 11.3. The summed E-state index contributed by atoms with van der Waals surface area (Å²) in [7, 11) is 0. The number of halogens is 6.